The number of ether oxygens (including phenoxy) is 1. The van der Waals surface area contributed by atoms with E-state index in [-0.39, 0.29) is 11.9 Å². The molecular weight excluding hydrogens is 269 g/mol. The lowest BCUT2D eigenvalue weighted by atomic mass is 10.00. The van der Waals surface area contributed by atoms with Gasteiger partial charge in [-0.05, 0) is 25.1 Å². The number of hydrogen-bond acceptors (Lipinski definition) is 4. The monoisotopic (exact) mass is 289 g/mol. The van der Waals surface area contributed by atoms with Crippen LogP contribution in [0.3, 0.4) is 0 Å². The van der Waals surface area contributed by atoms with Gasteiger partial charge in [0.25, 0.3) is 0 Å². The first-order chi connectivity index (χ1) is 10.1. The lowest BCUT2D eigenvalue weighted by molar-refractivity contribution is 0.395. The summed E-state index contributed by atoms with van der Waals surface area (Å²) >= 11 is 0. The highest BCUT2D eigenvalue weighted by atomic mass is 19.1. The maximum atomic E-state index is 14.2. The summed E-state index contributed by atoms with van der Waals surface area (Å²) in [6.45, 7) is 4.63. The van der Waals surface area contributed by atoms with E-state index >= 15 is 0 Å². The van der Waals surface area contributed by atoms with Crippen molar-refractivity contribution in [1.82, 2.24) is 15.3 Å². The quantitative estimate of drug-likeness (QED) is 0.888. The predicted octanol–water partition coefficient (Wildman–Crippen LogP) is 2.83. The molecule has 0 saturated heterocycles. The van der Waals surface area contributed by atoms with Crippen molar-refractivity contribution >= 4 is 0 Å². The Bertz CT molecular complexity index is 604. The van der Waals surface area contributed by atoms with Crippen LogP contribution < -0.4 is 10.1 Å². The van der Waals surface area contributed by atoms with Gasteiger partial charge in [0.05, 0.1) is 7.11 Å². The van der Waals surface area contributed by atoms with Crippen LogP contribution in [0.15, 0.2) is 30.6 Å². The molecule has 0 aliphatic heterocycles. The number of aryl methyl sites for hydroxylation is 1. The van der Waals surface area contributed by atoms with Gasteiger partial charge in [-0.25, -0.2) is 14.4 Å². The zero-order valence-electron chi connectivity index (χ0n) is 12.6. The lowest BCUT2D eigenvalue weighted by Gasteiger charge is -2.19. The molecule has 21 heavy (non-hydrogen) atoms. The molecule has 0 aliphatic rings. The van der Waals surface area contributed by atoms with Crippen molar-refractivity contribution in [3.05, 3.63) is 53.2 Å². The molecule has 1 heterocycles. The first kappa shape index (κ1) is 15.4. The summed E-state index contributed by atoms with van der Waals surface area (Å²) < 4.78 is 19.3. The van der Waals surface area contributed by atoms with Crippen molar-refractivity contribution < 1.29 is 9.13 Å². The molecule has 4 nitrogen and oxygen atoms in total. The topological polar surface area (TPSA) is 47.0 Å². The van der Waals surface area contributed by atoms with E-state index in [2.05, 4.69) is 15.3 Å². The van der Waals surface area contributed by atoms with Gasteiger partial charge in [0.2, 0.25) is 5.88 Å². The van der Waals surface area contributed by atoms with E-state index in [9.17, 15) is 4.39 Å². The highest BCUT2D eigenvalue weighted by molar-refractivity contribution is 5.27. The molecule has 0 radical (unpaired) electrons. The average molecular weight is 289 g/mol. The summed E-state index contributed by atoms with van der Waals surface area (Å²) in [6.07, 6.45) is 2.04. The van der Waals surface area contributed by atoms with E-state index in [4.69, 9.17) is 4.74 Å². The molecule has 0 aliphatic carbocycles. The van der Waals surface area contributed by atoms with E-state index < -0.39 is 0 Å². The second-order valence-electron chi connectivity index (χ2n) is 4.89. The third kappa shape index (κ3) is 3.98. The van der Waals surface area contributed by atoms with Crippen molar-refractivity contribution in [1.29, 1.82) is 0 Å². The smallest absolute Gasteiger partial charge is 0.216 e. The first-order valence-corrected chi connectivity index (χ1v) is 6.98. The number of nitrogens with one attached hydrogen (secondary N) is 1. The molecule has 0 spiro atoms. The third-order valence-electron chi connectivity index (χ3n) is 3.30. The van der Waals surface area contributed by atoms with E-state index in [1.807, 2.05) is 26.0 Å². The summed E-state index contributed by atoms with van der Waals surface area (Å²) in [6, 6.07) is 6.95. The molecule has 1 atom stereocenters. The van der Waals surface area contributed by atoms with Crippen LogP contribution in [-0.2, 0) is 6.42 Å². The fourth-order valence-electron chi connectivity index (χ4n) is 2.26. The Morgan fingerprint density at radius 1 is 1.29 bits per heavy atom. The van der Waals surface area contributed by atoms with Gasteiger partial charge in [-0.3, -0.25) is 0 Å². The minimum atomic E-state index is -0.193. The first-order valence-electron chi connectivity index (χ1n) is 6.98. The number of benzene rings is 1. The molecule has 0 bridgehead atoms. The van der Waals surface area contributed by atoms with Crippen LogP contribution in [0.1, 0.15) is 29.8 Å². The molecule has 1 aromatic carbocycles. The molecule has 1 unspecified atom stereocenters. The minimum Gasteiger partial charge on any atom is -0.481 e. The second-order valence-corrected chi connectivity index (χ2v) is 4.89. The van der Waals surface area contributed by atoms with Crippen LogP contribution in [0.4, 0.5) is 4.39 Å². The fraction of sp³-hybridized carbons (Fsp3) is 0.375. The standard InChI is InChI=1S/C16H20FN3O/c1-4-18-15(13-6-5-11(2)7-14(13)17)8-12-9-16(21-3)20-10-19-12/h5-7,9-10,15,18H,4,8H2,1-3H3. The van der Waals surface area contributed by atoms with Crippen molar-refractivity contribution in [2.75, 3.05) is 13.7 Å². The Morgan fingerprint density at radius 2 is 2.10 bits per heavy atom. The average Bonchev–Trinajstić information content (AvgIpc) is 2.47. The number of nitrogens with zero attached hydrogens (tertiary/aromatic N) is 2. The molecule has 2 rings (SSSR count). The number of hydrogen-bond donors (Lipinski definition) is 1. The van der Waals surface area contributed by atoms with Crippen LogP contribution in [0.2, 0.25) is 0 Å². The molecule has 0 saturated carbocycles. The van der Waals surface area contributed by atoms with Gasteiger partial charge in [-0.2, -0.15) is 0 Å². The molecule has 0 fully saturated rings. The van der Waals surface area contributed by atoms with E-state index in [1.165, 1.54) is 6.33 Å². The summed E-state index contributed by atoms with van der Waals surface area (Å²) in [7, 11) is 1.56. The maximum absolute atomic E-state index is 14.2. The second kappa shape index (κ2) is 7.13. The Hall–Kier alpha value is -2.01. The SMILES string of the molecule is CCNC(Cc1cc(OC)ncn1)c1ccc(C)cc1F. The molecule has 112 valence electrons. The van der Waals surface area contributed by atoms with Crippen LogP contribution in [0.5, 0.6) is 5.88 Å². The Kier molecular flexibility index (Phi) is 5.22. The Labute approximate surface area is 124 Å². The molecule has 5 heteroatoms. The highest BCUT2D eigenvalue weighted by Gasteiger charge is 2.16. The molecule has 2 aromatic rings. The zero-order valence-corrected chi connectivity index (χ0v) is 12.6. The number of rotatable bonds is 6. The summed E-state index contributed by atoms with van der Waals surface area (Å²) in [5.41, 5.74) is 2.38. The zero-order chi connectivity index (χ0) is 15.2. The number of methoxy groups -OCH3 is 1. The molecular formula is C16H20FN3O. The van der Waals surface area contributed by atoms with Gasteiger partial charge in [0.15, 0.2) is 0 Å². The van der Waals surface area contributed by atoms with Gasteiger partial charge in [0, 0.05) is 29.8 Å². The van der Waals surface area contributed by atoms with Gasteiger partial charge in [-0.1, -0.05) is 19.1 Å². The van der Waals surface area contributed by atoms with E-state index in [1.54, 1.807) is 19.2 Å². The largest absolute Gasteiger partial charge is 0.481 e. The van der Waals surface area contributed by atoms with Gasteiger partial charge in [0.1, 0.15) is 12.1 Å². The van der Waals surface area contributed by atoms with E-state index in [0.29, 0.717) is 17.9 Å². The van der Waals surface area contributed by atoms with Gasteiger partial charge >= 0.3 is 0 Å². The molecule has 0 amide bonds. The van der Waals surface area contributed by atoms with Gasteiger partial charge < -0.3 is 10.1 Å². The van der Waals surface area contributed by atoms with Crippen LogP contribution >= 0.6 is 0 Å². The van der Waals surface area contributed by atoms with E-state index in [0.717, 1.165) is 17.8 Å². The van der Waals surface area contributed by atoms with Crippen LogP contribution in [-0.4, -0.2) is 23.6 Å². The Morgan fingerprint density at radius 3 is 2.76 bits per heavy atom. The van der Waals surface area contributed by atoms with Crippen molar-refractivity contribution in [2.24, 2.45) is 0 Å². The maximum Gasteiger partial charge on any atom is 0.216 e. The van der Waals surface area contributed by atoms with Crippen molar-refractivity contribution in [2.45, 2.75) is 26.3 Å². The summed E-state index contributed by atoms with van der Waals surface area (Å²) in [5, 5.41) is 3.30. The predicted molar refractivity (Wildman–Crippen MR) is 79.8 cm³/mol. The summed E-state index contributed by atoms with van der Waals surface area (Å²) in [5.74, 6) is 0.321. The third-order valence-corrected chi connectivity index (χ3v) is 3.30. The van der Waals surface area contributed by atoms with Crippen LogP contribution in [0.25, 0.3) is 0 Å². The lowest BCUT2D eigenvalue weighted by Crippen LogP contribution is -2.24. The summed E-state index contributed by atoms with van der Waals surface area (Å²) in [4.78, 5) is 8.21. The number of halogens is 1. The normalized spacial score (nSPS) is 12.2. The molecule has 1 N–H and O–H groups in total. The number of likely N-dealkylation sites (N-methyl/N-ethyl adjacent to an activating group) is 1. The number of aromatic nitrogens is 2. The highest BCUT2D eigenvalue weighted by Crippen LogP contribution is 2.22. The van der Waals surface area contributed by atoms with Gasteiger partial charge in [-0.15, -0.1) is 0 Å². The van der Waals surface area contributed by atoms with Crippen LogP contribution in [0, 0.1) is 12.7 Å². The fourth-order valence-corrected chi connectivity index (χ4v) is 2.26. The Balaban J connectivity index is 2.26. The minimum absolute atomic E-state index is 0.129. The van der Waals surface area contributed by atoms with Crippen molar-refractivity contribution in [3.63, 3.8) is 0 Å². The molecule has 1 aromatic heterocycles. The van der Waals surface area contributed by atoms with Crippen molar-refractivity contribution in [3.8, 4) is 5.88 Å².